The molecule has 4 rings (SSSR count). The minimum absolute atomic E-state index is 0.0283. The molecule has 0 fully saturated rings. The zero-order chi connectivity index (χ0) is 25.8. The molecule has 8 nitrogen and oxygen atoms in total. The Morgan fingerprint density at radius 1 is 1.17 bits per heavy atom. The maximum Gasteiger partial charge on any atom is 0.363 e. The van der Waals surface area contributed by atoms with Gasteiger partial charge in [-0.15, -0.1) is 0 Å². The average Bonchev–Trinajstić information content (AvgIpc) is 3.19. The molecule has 0 aromatic heterocycles. The van der Waals surface area contributed by atoms with Gasteiger partial charge in [0.05, 0.1) is 16.6 Å². The number of nitro benzene ring substituents is 1. The molecular formula is C26H20BrClN2O6. The summed E-state index contributed by atoms with van der Waals surface area (Å²) in [5.74, 6) is 0.222. The number of nitro groups is 1. The second kappa shape index (κ2) is 10.9. The SMILES string of the molecule is CCOc1cc(/C=C2\N=C(c3ccc([N+](=O)[O-])c(C)c3)OC2=O)cc(Cl)c1OCc1ccccc1Br. The lowest BCUT2D eigenvalue weighted by atomic mass is 10.1. The minimum atomic E-state index is -0.649. The number of carbonyl (C=O) groups excluding carboxylic acids is 1. The van der Waals surface area contributed by atoms with E-state index in [1.54, 1.807) is 25.1 Å². The molecule has 0 bridgehead atoms. The summed E-state index contributed by atoms with van der Waals surface area (Å²) in [6, 6.07) is 15.4. The third-order valence-electron chi connectivity index (χ3n) is 5.23. The van der Waals surface area contributed by atoms with Crippen LogP contribution < -0.4 is 9.47 Å². The van der Waals surface area contributed by atoms with Crippen molar-refractivity contribution in [2.75, 3.05) is 6.61 Å². The number of hydrogen-bond donors (Lipinski definition) is 0. The van der Waals surface area contributed by atoms with Crippen LogP contribution in [0.4, 0.5) is 5.69 Å². The summed E-state index contributed by atoms with van der Waals surface area (Å²) in [6.07, 6.45) is 1.53. The average molecular weight is 572 g/mol. The molecule has 0 saturated heterocycles. The molecule has 36 heavy (non-hydrogen) atoms. The van der Waals surface area contributed by atoms with Crippen molar-refractivity contribution in [2.45, 2.75) is 20.5 Å². The van der Waals surface area contributed by atoms with Crippen molar-refractivity contribution >= 4 is 51.2 Å². The van der Waals surface area contributed by atoms with E-state index in [0.717, 1.165) is 10.0 Å². The van der Waals surface area contributed by atoms with Crippen LogP contribution in [0.1, 0.15) is 29.2 Å². The molecule has 1 aliphatic heterocycles. The van der Waals surface area contributed by atoms with Crippen LogP contribution in [0.3, 0.4) is 0 Å². The zero-order valence-electron chi connectivity index (χ0n) is 19.3. The summed E-state index contributed by atoms with van der Waals surface area (Å²) in [5, 5.41) is 11.4. The smallest absolute Gasteiger partial charge is 0.363 e. The van der Waals surface area contributed by atoms with Crippen LogP contribution in [-0.4, -0.2) is 23.4 Å². The number of nitrogens with zero attached hydrogens (tertiary/aromatic N) is 2. The van der Waals surface area contributed by atoms with E-state index in [0.29, 0.717) is 39.8 Å². The molecule has 0 aliphatic carbocycles. The predicted octanol–water partition coefficient (Wildman–Crippen LogP) is 6.64. The fourth-order valence-corrected chi connectivity index (χ4v) is 4.20. The van der Waals surface area contributed by atoms with E-state index in [1.807, 2.05) is 31.2 Å². The highest BCUT2D eigenvalue weighted by atomic mass is 79.9. The molecule has 0 saturated carbocycles. The van der Waals surface area contributed by atoms with Crippen molar-refractivity contribution in [1.29, 1.82) is 0 Å². The van der Waals surface area contributed by atoms with E-state index in [4.69, 9.17) is 25.8 Å². The molecule has 0 radical (unpaired) electrons. The van der Waals surface area contributed by atoms with Gasteiger partial charge in [-0.1, -0.05) is 45.7 Å². The van der Waals surface area contributed by atoms with Crippen molar-refractivity contribution in [1.82, 2.24) is 0 Å². The van der Waals surface area contributed by atoms with Crippen molar-refractivity contribution in [2.24, 2.45) is 4.99 Å². The van der Waals surface area contributed by atoms with Crippen molar-refractivity contribution in [3.63, 3.8) is 0 Å². The number of cyclic esters (lactones) is 1. The molecule has 0 N–H and O–H groups in total. The first-order valence-electron chi connectivity index (χ1n) is 10.9. The lowest BCUT2D eigenvalue weighted by molar-refractivity contribution is -0.385. The van der Waals surface area contributed by atoms with E-state index >= 15 is 0 Å². The Bertz CT molecular complexity index is 1420. The van der Waals surface area contributed by atoms with Crippen LogP contribution in [0.25, 0.3) is 6.08 Å². The van der Waals surface area contributed by atoms with Crippen LogP contribution in [0.5, 0.6) is 11.5 Å². The van der Waals surface area contributed by atoms with Crippen LogP contribution >= 0.6 is 27.5 Å². The fourth-order valence-electron chi connectivity index (χ4n) is 3.52. The standard InChI is InChI=1S/C26H20BrClN2O6/c1-3-34-23-13-16(11-20(28)24(23)35-14-18-6-4-5-7-19(18)27)12-21-26(31)36-25(29-21)17-8-9-22(30(32)33)15(2)10-17/h4-13H,3,14H2,1-2H3/b21-12-. The summed E-state index contributed by atoms with van der Waals surface area (Å²) in [4.78, 5) is 27.3. The van der Waals surface area contributed by atoms with Gasteiger partial charge in [-0.2, -0.15) is 0 Å². The number of esters is 1. The second-order valence-corrected chi connectivity index (χ2v) is 9.00. The van der Waals surface area contributed by atoms with Gasteiger partial charge in [-0.25, -0.2) is 9.79 Å². The molecule has 0 spiro atoms. The number of halogens is 2. The molecular weight excluding hydrogens is 552 g/mol. The number of hydrogen-bond acceptors (Lipinski definition) is 7. The van der Waals surface area contributed by atoms with Gasteiger partial charge >= 0.3 is 5.97 Å². The van der Waals surface area contributed by atoms with Crippen LogP contribution in [-0.2, 0) is 16.1 Å². The Kier molecular flexibility index (Phi) is 7.71. The molecule has 0 amide bonds. The summed E-state index contributed by atoms with van der Waals surface area (Å²) in [6.45, 7) is 4.10. The van der Waals surface area contributed by atoms with E-state index in [1.165, 1.54) is 18.2 Å². The lowest BCUT2D eigenvalue weighted by Gasteiger charge is -2.15. The molecule has 184 valence electrons. The highest BCUT2D eigenvalue weighted by Crippen LogP contribution is 2.38. The maximum atomic E-state index is 12.5. The highest BCUT2D eigenvalue weighted by Gasteiger charge is 2.26. The quantitative estimate of drug-likeness (QED) is 0.130. The van der Waals surface area contributed by atoms with Crippen LogP contribution in [0.15, 0.2) is 69.8 Å². The number of rotatable bonds is 8. The number of benzene rings is 3. The minimum Gasteiger partial charge on any atom is -0.490 e. The van der Waals surface area contributed by atoms with Gasteiger partial charge in [0.2, 0.25) is 5.90 Å². The molecule has 0 unspecified atom stereocenters. The van der Waals surface area contributed by atoms with E-state index < -0.39 is 10.9 Å². The van der Waals surface area contributed by atoms with E-state index in [-0.39, 0.29) is 23.9 Å². The second-order valence-electron chi connectivity index (χ2n) is 7.74. The molecule has 3 aromatic rings. The van der Waals surface area contributed by atoms with Crippen LogP contribution in [0.2, 0.25) is 5.02 Å². The Hall–Kier alpha value is -3.69. The Morgan fingerprint density at radius 3 is 2.64 bits per heavy atom. The first kappa shape index (κ1) is 25.4. The number of aryl methyl sites for hydroxylation is 1. The van der Waals surface area contributed by atoms with Crippen molar-refractivity contribution in [3.05, 3.63) is 102 Å². The number of aliphatic imine (C=N–C) groups is 1. The van der Waals surface area contributed by atoms with Crippen molar-refractivity contribution in [3.8, 4) is 11.5 Å². The third kappa shape index (κ3) is 5.58. The van der Waals surface area contributed by atoms with Gasteiger partial charge in [0.25, 0.3) is 5.69 Å². The third-order valence-corrected chi connectivity index (χ3v) is 6.28. The predicted molar refractivity (Wildman–Crippen MR) is 140 cm³/mol. The van der Waals surface area contributed by atoms with E-state index in [9.17, 15) is 14.9 Å². The summed E-state index contributed by atoms with van der Waals surface area (Å²) >= 11 is 10.0. The van der Waals surface area contributed by atoms with Gasteiger partial charge in [-0.3, -0.25) is 10.1 Å². The normalized spacial score (nSPS) is 13.9. The van der Waals surface area contributed by atoms with Gasteiger partial charge in [0.15, 0.2) is 17.2 Å². The van der Waals surface area contributed by atoms with Crippen molar-refractivity contribution < 1.29 is 23.9 Å². The topological polar surface area (TPSA) is 100 Å². The first-order valence-corrected chi connectivity index (χ1v) is 12.0. The Balaban J connectivity index is 1.62. The molecule has 1 aliphatic rings. The summed E-state index contributed by atoms with van der Waals surface area (Å²) in [5.41, 5.74) is 2.42. The fraction of sp³-hybridized carbons (Fsp3) is 0.154. The molecule has 3 aromatic carbocycles. The zero-order valence-corrected chi connectivity index (χ0v) is 21.6. The lowest BCUT2D eigenvalue weighted by Crippen LogP contribution is -2.06. The molecule has 10 heteroatoms. The monoisotopic (exact) mass is 570 g/mol. The largest absolute Gasteiger partial charge is 0.490 e. The van der Waals surface area contributed by atoms with Gasteiger partial charge in [0, 0.05) is 27.2 Å². The number of carbonyl (C=O) groups is 1. The van der Waals surface area contributed by atoms with E-state index in [2.05, 4.69) is 20.9 Å². The van der Waals surface area contributed by atoms with Crippen LogP contribution in [0, 0.1) is 17.0 Å². The maximum absolute atomic E-state index is 12.5. The van der Waals surface area contributed by atoms with Gasteiger partial charge in [0.1, 0.15) is 6.61 Å². The molecule has 0 atom stereocenters. The Morgan fingerprint density at radius 2 is 1.94 bits per heavy atom. The summed E-state index contributed by atoms with van der Waals surface area (Å²) in [7, 11) is 0. The number of ether oxygens (including phenoxy) is 3. The van der Waals surface area contributed by atoms with Gasteiger partial charge < -0.3 is 14.2 Å². The summed E-state index contributed by atoms with van der Waals surface area (Å²) < 4.78 is 17.9. The molecule has 1 heterocycles. The Labute approximate surface area is 220 Å². The van der Waals surface area contributed by atoms with Gasteiger partial charge in [-0.05, 0) is 55.8 Å². The first-order chi connectivity index (χ1) is 17.3. The highest BCUT2D eigenvalue weighted by molar-refractivity contribution is 9.10.